The monoisotopic (exact) mass is 347 g/mol. The van der Waals surface area contributed by atoms with E-state index in [9.17, 15) is 18.4 Å². The van der Waals surface area contributed by atoms with Crippen LogP contribution in [-0.4, -0.2) is 47.3 Å². The van der Waals surface area contributed by atoms with Gasteiger partial charge >= 0.3 is 0 Å². The van der Waals surface area contributed by atoms with E-state index in [1.54, 1.807) is 6.20 Å². The highest BCUT2D eigenvalue weighted by Crippen LogP contribution is 2.25. The van der Waals surface area contributed by atoms with Crippen LogP contribution < -0.4 is 5.32 Å². The van der Waals surface area contributed by atoms with E-state index in [0.29, 0.717) is 18.9 Å². The van der Waals surface area contributed by atoms with Crippen LogP contribution in [0, 0.1) is 0 Å². The van der Waals surface area contributed by atoms with Gasteiger partial charge in [-0.05, 0) is 0 Å². The van der Waals surface area contributed by atoms with Gasteiger partial charge < -0.3 is 14.6 Å². The summed E-state index contributed by atoms with van der Waals surface area (Å²) in [6.45, 7) is 8.57. The van der Waals surface area contributed by atoms with Crippen LogP contribution in [0.3, 0.4) is 0 Å². The third-order valence-corrected chi connectivity index (χ3v) is 2.95. The van der Waals surface area contributed by atoms with Crippen molar-refractivity contribution >= 4 is 11.8 Å². The number of alkyl halides is 2. The van der Waals surface area contributed by atoms with Crippen LogP contribution in [0.1, 0.15) is 46.3 Å². The lowest BCUT2D eigenvalue weighted by Gasteiger charge is -2.37. The van der Waals surface area contributed by atoms with Gasteiger partial charge in [0.1, 0.15) is 5.76 Å². The summed E-state index contributed by atoms with van der Waals surface area (Å²) in [6.07, 6.45) is 3.23. The summed E-state index contributed by atoms with van der Waals surface area (Å²) in [5.41, 5.74) is 0. The number of halogens is 2. The Hall–Kier alpha value is -1.99. The minimum Gasteiger partial charge on any atom is -0.446 e. The standard InChI is InChI=1S/C9H14N2O2.C5H7F2NO.C2H6/c1-3-8-6-11-9(13-8)4-5-10-7(2)12;1-4(9)8-2-5(6,7)3-8;1-2/h6H,3-5H2,1-2H3,(H,10,12);2-3H2,1H3;1-2H3. The molecule has 138 valence electrons. The number of hydrogen-bond acceptors (Lipinski definition) is 4. The maximum absolute atomic E-state index is 12.0. The predicted octanol–water partition coefficient (Wildman–Crippen LogP) is 2.43. The van der Waals surface area contributed by atoms with Crippen LogP contribution in [0.25, 0.3) is 0 Å². The van der Waals surface area contributed by atoms with Crippen molar-refractivity contribution in [2.75, 3.05) is 19.6 Å². The quantitative estimate of drug-likeness (QED) is 0.908. The molecule has 1 aliphatic heterocycles. The second-order valence-corrected chi connectivity index (χ2v) is 5.04. The SMILES string of the molecule is CC.CC(=O)N1CC(F)(F)C1.CCc1cnc(CCNC(C)=O)o1. The number of hydrogen-bond donors (Lipinski definition) is 1. The van der Waals surface area contributed by atoms with Gasteiger partial charge in [0.2, 0.25) is 11.8 Å². The van der Waals surface area contributed by atoms with Crippen LogP contribution in [-0.2, 0) is 22.4 Å². The molecule has 0 radical (unpaired) electrons. The highest BCUT2D eigenvalue weighted by molar-refractivity contribution is 5.74. The van der Waals surface area contributed by atoms with Crippen molar-refractivity contribution in [1.29, 1.82) is 0 Å². The van der Waals surface area contributed by atoms with Crippen molar-refractivity contribution in [2.45, 2.75) is 53.4 Å². The van der Waals surface area contributed by atoms with E-state index in [0.717, 1.165) is 17.1 Å². The van der Waals surface area contributed by atoms with E-state index in [1.807, 2.05) is 20.8 Å². The molecule has 0 aliphatic carbocycles. The first-order valence-electron chi connectivity index (χ1n) is 8.05. The highest BCUT2D eigenvalue weighted by atomic mass is 19.3. The number of nitrogens with zero attached hydrogens (tertiary/aromatic N) is 2. The number of rotatable bonds is 4. The van der Waals surface area contributed by atoms with E-state index in [4.69, 9.17) is 4.42 Å². The number of likely N-dealkylation sites (tertiary alicyclic amines) is 1. The molecule has 0 saturated carbocycles. The van der Waals surface area contributed by atoms with Crippen LogP contribution >= 0.6 is 0 Å². The Kier molecular flexibility index (Phi) is 9.83. The van der Waals surface area contributed by atoms with E-state index in [1.165, 1.54) is 13.8 Å². The minimum absolute atomic E-state index is 0.0257. The molecule has 1 aromatic rings. The number of aryl methyl sites for hydroxylation is 1. The lowest BCUT2D eigenvalue weighted by molar-refractivity contribution is -0.163. The van der Waals surface area contributed by atoms with Gasteiger partial charge in [-0.1, -0.05) is 20.8 Å². The summed E-state index contributed by atoms with van der Waals surface area (Å²) in [6, 6.07) is 0. The van der Waals surface area contributed by atoms with Crippen molar-refractivity contribution < 1.29 is 22.8 Å². The Morgan fingerprint density at radius 2 is 1.92 bits per heavy atom. The van der Waals surface area contributed by atoms with Crippen molar-refractivity contribution in [1.82, 2.24) is 15.2 Å². The van der Waals surface area contributed by atoms with Gasteiger partial charge in [-0.2, -0.15) is 0 Å². The summed E-state index contributed by atoms with van der Waals surface area (Å²) in [7, 11) is 0. The van der Waals surface area contributed by atoms with Gasteiger partial charge in [-0.3, -0.25) is 9.59 Å². The zero-order valence-electron chi connectivity index (χ0n) is 15.0. The zero-order chi connectivity index (χ0) is 18.8. The lowest BCUT2D eigenvalue weighted by atomic mass is 10.1. The maximum atomic E-state index is 12.0. The molecule has 0 aromatic carbocycles. The molecule has 1 aromatic heterocycles. The fraction of sp³-hybridized carbons (Fsp3) is 0.688. The van der Waals surface area contributed by atoms with Crippen molar-refractivity contribution in [3.05, 3.63) is 17.8 Å². The Labute approximate surface area is 141 Å². The van der Waals surface area contributed by atoms with Crippen LogP contribution in [0.5, 0.6) is 0 Å². The van der Waals surface area contributed by atoms with E-state index in [-0.39, 0.29) is 11.8 Å². The second kappa shape index (κ2) is 10.7. The molecule has 1 fully saturated rings. The Balaban J connectivity index is 0.000000420. The number of amides is 2. The summed E-state index contributed by atoms with van der Waals surface area (Å²) < 4.78 is 29.3. The van der Waals surface area contributed by atoms with E-state index >= 15 is 0 Å². The lowest BCUT2D eigenvalue weighted by Crippen LogP contribution is -2.57. The smallest absolute Gasteiger partial charge is 0.282 e. The van der Waals surface area contributed by atoms with Crippen LogP contribution in [0.2, 0.25) is 0 Å². The van der Waals surface area contributed by atoms with Crippen molar-refractivity contribution in [3.8, 4) is 0 Å². The molecule has 2 heterocycles. The number of carbonyl (C=O) groups excluding carboxylic acids is 2. The van der Waals surface area contributed by atoms with E-state index in [2.05, 4.69) is 10.3 Å². The third kappa shape index (κ3) is 8.59. The van der Waals surface area contributed by atoms with Crippen molar-refractivity contribution in [3.63, 3.8) is 0 Å². The largest absolute Gasteiger partial charge is 0.446 e. The van der Waals surface area contributed by atoms with Gasteiger partial charge in [0, 0.05) is 33.2 Å². The summed E-state index contributed by atoms with van der Waals surface area (Å²) in [5.74, 6) is -1.35. The summed E-state index contributed by atoms with van der Waals surface area (Å²) in [4.78, 5) is 26.0. The molecular weight excluding hydrogens is 320 g/mol. The first-order valence-corrected chi connectivity index (χ1v) is 8.05. The third-order valence-electron chi connectivity index (χ3n) is 2.95. The molecule has 24 heavy (non-hydrogen) atoms. The normalized spacial score (nSPS) is 14.4. The number of carbonyl (C=O) groups is 2. The molecule has 0 bridgehead atoms. The number of oxazole rings is 1. The Bertz CT molecular complexity index is 510. The molecule has 1 aliphatic rings. The second-order valence-electron chi connectivity index (χ2n) is 5.04. The van der Waals surface area contributed by atoms with Gasteiger partial charge in [-0.25, -0.2) is 13.8 Å². The molecular formula is C16H27F2N3O3. The first kappa shape index (κ1) is 22.0. The van der Waals surface area contributed by atoms with Gasteiger partial charge in [0.05, 0.1) is 19.3 Å². The maximum Gasteiger partial charge on any atom is 0.282 e. The van der Waals surface area contributed by atoms with Crippen LogP contribution in [0.15, 0.2) is 10.6 Å². The predicted molar refractivity (Wildman–Crippen MR) is 86.8 cm³/mol. The number of aromatic nitrogens is 1. The Morgan fingerprint density at radius 1 is 1.33 bits per heavy atom. The van der Waals surface area contributed by atoms with Crippen molar-refractivity contribution in [2.24, 2.45) is 0 Å². The number of nitrogens with one attached hydrogen (secondary N) is 1. The molecule has 2 rings (SSSR count). The fourth-order valence-electron chi connectivity index (χ4n) is 1.71. The molecule has 2 amide bonds. The zero-order valence-corrected chi connectivity index (χ0v) is 15.0. The Morgan fingerprint density at radius 3 is 2.25 bits per heavy atom. The average Bonchev–Trinajstić information content (AvgIpc) is 2.95. The van der Waals surface area contributed by atoms with Crippen LogP contribution in [0.4, 0.5) is 8.78 Å². The molecule has 0 atom stereocenters. The van der Waals surface area contributed by atoms with Gasteiger partial charge in [0.15, 0.2) is 5.89 Å². The molecule has 1 saturated heterocycles. The van der Waals surface area contributed by atoms with Gasteiger partial charge in [-0.15, -0.1) is 0 Å². The first-order chi connectivity index (χ1) is 11.2. The fourth-order valence-corrected chi connectivity index (χ4v) is 1.71. The minimum atomic E-state index is -2.62. The van der Waals surface area contributed by atoms with E-state index < -0.39 is 19.0 Å². The molecule has 0 unspecified atom stereocenters. The molecule has 8 heteroatoms. The topological polar surface area (TPSA) is 75.4 Å². The summed E-state index contributed by atoms with van der Waals surface area (Å²) >= 11 is 0. The summed E-state index contributed by atoms with van der Waals surface area (Å²) in [5, 5.41) is 2.68. The molecule has 0 spiro atoms. The highest BCUT2D eigenvalue weighted by Gasteiger charge is 2.44. The molecule has 6 nitrogen and oxygen atoms in total. The average molecular weight is 347 g/mol. The van der Waals surface area contributed by atoms with Gasteiger partial charge in [0.25, 0.3) is 5.92 Å². The molecule has 1 N–H and O–H groups in total.